The molecule has 0 aliphatic heterocycles. The molecule has 1 aliphatic rings. The highest BCUT2D eigenvalue weighted by Crippen LogP contribution is 2.25. The summed E-state index contributed by atoms with van der Waals surface area (Å²) < 4.78 is 0. The third-order valence-corrected chi connectivity index (χ3v) is 4.26. The smallest absolute Gasteiger partial charge is 0.00416 e. The maximum atomic E-state index is 5.65. The van der Waals surface area contributed by atoms with Crippen molar-refractivity contribution in [3.63, 3.8) is 0 Å². The Morgan fingerprint density at radius 1 is 1.52 bits per heavy atom. The first kappa shape index (κ1) is 17.7. The first-order chi connectivity index (χ1) is 10.1. The predicted octanol–water partition coefficient (Wildman–Crippen LogP) is 5.19. The second-order valence-electron chi connectivity index (χ2n) is 6.23. The second kappa shape index (κ2) is 9.57. The van der Waals surface area contributed by atoms with Crippen LogP contribution in [0, 0.1) is 17.8 Å². The lowest BCUT2D eigenvalue weighted by molar-refractivity contribution is 0.406. The van der Waals surface area contributed by atoms with Crippen molar-refractivity contribution in [3.05, 3.63) is 60.8 Å². The van der Waals surface area contributed by atoms with E-state index in [0.717, 1.165) is 25.8 Å². The minimum atomic E-state index is 0.471. The van der Waals surface area contributed by atoms with Crippen LogP contribution in [0.5, 0.6) is 0 Å². The quantitative estimate of drug-likeness (QED) is 0.482. The van der Waals surface area contributed by atoms with Gasteiger partial charge in [-0.3, -0.25) is 0 Å². The van der Waals surface area contributed by atoms with Crippen LogP contribution in [0.3, 0.4) is 0 Å². The molecular weight excluding hydrogens is 254 g/mol. The molecule has 0 spiro atoms. The monoisotopic (exact) mass is 285 g/mol. The molecule has 1 rings (SSSR count). The standard InChI is InChI=1S/C20H31N/c1-5-20(18(4)12-13-21)15-17(3)10-11-19-9-7-6-8-16(2)14-19/h5-6,8,10-11,14,18-20H,1,3,7,9,12-13,15,21H2,2,4H3/b11-10+. The van der Waals surface area contributed by atoms with Gasteiger partial charge >= 0.3 is 0 Å². The molecule has 0 aromatic carbocycles. The summed E-state index contributed by atoms with van der Waals surface area (Å²) in [4.78, 5) is 0. The number of rotatable bonds is 8. The van der Waals surface area contributed by atoms with E-state index in [1.165, 1.54) is 17.6 Å². The molecule has 0 bridgehead atoms. The molecule has 0 fully saturated rings. The average Bonchev–Trinajstić information content (AvgIpc) is 2.67. The van der Waals surface area contributed by atoms with Crippen LogP contribution in [0.25, 0.3) is 0 Å². The molecule has 0 radical (unpaired) electrons. The minimum Gasteiger partial charge on any atom is -0.330 e. The van der Waals surface area contributed by atoms with Gasteiger partial charge in [-0.05, 0) is 56.9 Å². The van der Waals surface area contributed by atoms with Gasteiger partial charge in [0, 0.05) is 0 Å². The van der Waals surface area contributed by atoms with Gasteiger partial charge < -0.3 is 5.73 Å². The van der Waals surface area contributed by atoms with Crippen LogP contribution in [0.1, 0.15) is 39.5 Å². The first-order valence-corrected chi connectivity index (χ1v) is 8.10. The van der Waals surface area contributed by atoms with Gasteiger partial charge in [-0.25, -0.2) is 0 Å². The van der Waals surface area contributed by atoms with E-state index < -0.39 is 0 Å². The third-order valence-electron chi connectivity index (χ3n) is 4.26. The maximum absolute atomic E-state index is 5.65. The summed E-state index contributed by atoms with van der Waals surface area (Å²) in [6.07, 6.45) is 17.7. The zero-order chi connectivity index (χ0) is 15.7. The van der Waals surface area contributed by atoms with Gasteiger partial charge in [0.1, 0.15) is 0 Å². The Bertz CT molecular complexity index is 425. The summed E-state index contributed by atoms with van der Waals surface area (Å²) in [6.45, 7) is 13.3. The Hall–Kier alpha value is -1.34. The SMILES string of the molecule is C=CC(CC(=C)/C=C/C1C=C(C)C=CCC1)C(C)CCN. The summed E-state index contributed by atoms with van der Waals surface area (Å²) >= 11 is 0. The highest BCUT2D eigenvalue weighted by atomic mass is 14.5. The van der Waals surface area contributed by atoms with Crippen molar-refractivity contribution in [2.45, 2.75) is 39.5 Å². The van der Waals surface area contributed by atoms with E-state index in [1.54, 1.807) is 0 Å². The number of hydrogen-bond donors (Lipinski definition) is 1. The summed E-state index contributed by atoms with van der Waals surface area (Å²) in [5.41, 5.74) is 8.20. The molecule has 0 amide bonds. The van der Waals surface area contributed by atoms with Crippen molar-refractivity contribution in [2.24, 2.45) is 23.5 Å². The highest BCUT2D eigenvalue weighted by Gasteiger charge is 2.13. The van der Waals surface area contributed by atoms with Crippen molar-refractivity contribution in [3.8, 4) is 0 Å². The van der Waals surface area contributed by atoms with Crippen molar-refractivity contribution in [1.29, 1.82) is 0 Å². The minimum absolute atomic E-state index is 0.471. The number of hydrogen-bond acceptors (Lipinski definition) is 1. The first-order valence-electron chi connectivity index (χ1n) is 8.10. The van der Waals surface area contributed by atoms with Gasteiger partial charge in [-0.1, -0.05) is 61.1 Å². The van der Waals surface area contributed by atoms with Gasteiger partial charge in [-0.2, -0.15) is 0 Å². The summed E-state index contributed by atoms with van der Waals surface area (Å²) in [7, 11) is 0. The average molecular weight is 285 g/mol. The highest BCUT2D eigenvalue weighted by molar-refractivity contribution is 5.24. The van der Waals surface area contributed by atoms with Gasteiger partial charge in [-0.15, -0.1) is 6.58 Å². The fourth-order valence-electron chi connectivity index (χ4n) is 2.81. The molecule has 3 unspecified atom stereocenters. The van der Waals surface area contributed by atoms with E-state index in [4.69, 9.17) is 5.73 Å². The van der Waals surface area contributed by atoms with Crippen molar-refractivity contribution >= 4 is 0 Å². The molecule has 0 saturated heterocycles. The molecule has 116 valence electrons. The molecule has 0 heterocycles. The normalized spacial score (nSPS) is 21.7. The van der Waals surface area contributed by atoms with Gasteiger partial charge in [0.2, 0.25) is 0 Å². The van der Waals surface area contributed by atoms with Crippen LogP contribution in [0.2, 0.25) is 0 Å². The lowest BCUT2D eigenvalue weighted by Gasteiger charge is -2.20. The van der Waals surface area contributed by atoms with E-state index in [9.17, 15) is 0 Å². The van der Waals surface area contributed by atoms with Gasteiger partial charge in [0.25, 0.3) is 0 Å². The Morgan fingerprint density at radius 2 is 2.29 bits per heavy atom. The Kier molecular flexibility index (Phi) is 8.07. The third kappa shape index (κ3) is 6.77. The molecule has 1 nitrogen and oxygen atoms in total. The molecule has 3 atom stereocenters. The summed E-state index contributed by atoms with van der Waals surface area (Å²) in [6, 6.07) is 0. The van der Waals surface area contributed by atoms with Crippen LogP contribution in [-0.2, 0) is 0 Å². The molecule has 1 aliphatic carbocycles. The zero-order valence-electron chi connectivity index (χ0n) is 13.7. The lowest BCUT2D eigenvalue weighted by Crippen LogP contribution is -2.14. The largest absolute Gasteiger partial charge is 0.330 e. The molecule has 0 aromatic rings. The number of allylic oxidation sites excluding steroid dienone is 8. The van der Waals surface area contributed by atoms with Crippen molar-refractivity contribution in [1.82, 2.24) is 0 Å². The molecular formula is C20H31N. The van der Waals surface area contributed by atoms with E-state index in [0.29, 0.717) is 17.8 Å². The van der Waals surface area contributed by atoms with Crippen LogP contribution < -0.4 is 5.73 Å². The summed E-state index contributed by atoms with van der Waals surface area (Å²) in [5.74, 6) is 1.57. The Labute approximate surface area is 131 Å². The van der Waals surface area contributed by atoms with E-state index in [-0.39, 0.29) is 0 Å². The Morgan fingerprint density at radius 3 is 2.95 bits per heavy atom. The molecule has 0 saturated carbocycles. The zero-order valence-corrected chi connectivity index (χ0v) is 13.7. The van der Waals surface area contributed by atoms with E-state index in [1.807, 2.05) is 0 Å². The van der Waals surface area contributed by atoms with Crippen molar-refractivity contribution < 1.29 is 0 Å². The van der Waals surface area contributed by atoms with Gasteiger partial charge in [0.05, 0.1) is 0 Å². The second-order valence-corrected chi connectivity index (χ2v) is 6.23. The predicted molar refractivity (Wildman–Crippen MR) is 95.0 cm³/mol. The molecule has 0 aromatic heterocycles. The van der Waals surface area contributed by atoms with E-state index in [2.05, 4.69) is 63.5 Å². The molecule has 2 N–H and O–H groups in total. The van der Waals surface area contributed by atoms with Gasteiger partial charge in [0.15, 0.2) is 0 Å². The summed E-state index contributed by atoms with van der Waals surface area (Å²) in [5, 5.41) is 0. The molecule has 21 heavy (non-hydrogen) atoms. The fraction of sp³-hybridized carbons (Fsp3) is 0.500. The van der Waals surface area contributed by atoms with Crippen LogP contribution >= 0.6 is 0 Å². The van der Waals surface area contributed by atoms with Crippen LogP contribution in [-0.4, -0.2) is 6.54 Å². The maximum Gasteiger partial charge on any atom is -0.00416 e. The topological polar surface area (TPSA) is 26.0 Å². The van der Waals surface area contributed by atoms with Crippen LogP contribution in [0.15, 0.2) is 60.8 Å². The lowest BCUT2D eigenvalue weighted by atomic mass is 9.86. The van der Waals surface area contributed by atoms with E-state index >= 15 is 0 Å². The van der Waals surface area contributed by atoms with Crippen molar-refractivity contribution in [2.75, 3.05) is 6.54 Å². The number of nitrogens with two attached hydrogens (primary N) is 1. The van der Waals surface area contributed by atoms with Crippen LogP contribution in [0.4, 0.5) is 0 Å². The molecule has 1 heteroatoms. The Balaban J connectivity index is 2.53. The fourth-order valence-corrected chi connectivity index (χ4v) is 2.81.